The van der Waals surface area contributed by atoms with Crippen molar-refractivity contribution in [2.45, 2.75) is 147 Å². The average molecular weight is 695 g/mol. The minimum absolute atomic E-state index is 0.0544. The molecule has 4 N–H and O–H groups in total. The van der Waals surface area contributed by atoms with Gasteiger partial charge < -0.3 is 25.7 Å². The summed E-state index contributed by atoms with van der Waals surface area (Å²) < 4.78 is 0. The summed E-state index contributed by atoms with van der Waals surface area (Å²) in [4.78, 5) is 46.1. The van der Waals surface area contributed by atoms with Crippen LogP contribution >= 0.6 is 0 Å². The molecule has 5 aliphatic rings. The van der Waals surface area contributed by atoms with Crippen LogP contribution in [0.3, 0.4) is 0 Å². The molecule has 1 aromatic rings. The van der Waals surface area contributed by atoms with Crippen LogP contribution in [0, 0.1) is 29.6 Å². The first-order valence-corrected chi connectivity index (χ1v) is 20.0. The molecule has 3 aliphatic carbocycles. The number of likely N-dealkylation sites (N-methyl/N-ethyl adjacent to an activating group) is 1. The third-order valence-corrected chi connectivity index (χ3v) is 12.1. The highest BCUT2D eigenvalue weighted by Crippen LogP contribution is 2.35. The van der Waals surface area contributed by atoms with Crippen LogP contribution in [-0.4, -0.2) is 94.7 Å². The zero-order chi connectivity index (χ0) is 35.6. The fourth-order valence-electron chi connectivity index (χ4n) is 8.82. The molecule has 2 heterocycles. The van der Waals surface area contributed by atoms with Gasteiger partial charge in [0, 0.05) is 39.1 Å². The van der Waals surface area contributed by atoms with Crippen LogP contribution in [0.15, 0.2) is 30.3 Å². The fraction of sp³-hybridized carbons (Fsp3) is 0.780. The Kier molecular flexibility index (Phi) is 14.6. The first-order valence-electron chi connectivity index (χ1n) is 20.0. The Bertz CT molecular complexity index is 1210. The van der Waals surface area contributed by atoms with Gasteiger partial charge in [-0.05, 0) is 80.6 Å². The molecular weight excluding hydrogens is 628 g/mol. The van der Waals surface area contributed by atoms with Gasteiger partial charge in [0.2, 0.25) is 17.7 Å². The number of rotatable bonds is 19. The van der Waals surface area contributed by atoms with E-state index in [0.717, 1.165) is 63.1 Å². The molecule has 2 aliphatic heterocycles. The lowest BCUT2D eigenvalue weighted by molar-refractivity contribution is -0.137. The van der Waals surface area contributed by atoms with Crippen LogP contribution in [0.2, 0.25) is 0 Å². The number of fused-ring (bicyclic) bond motifs is 3. The van der Waals surface area contributed by atoms with Gasteiger partial charge in [-0.3, -0.25) is 19.3 Å². The van der Waals surface area contributed by atoms with Gasteiger partial charge in [0.1, 0.15) is 12.1 Å². The molecule has 5 atom stereocenters. The van der Waals surface area contributed by atoms with Crippen LogP contribution in [0.25, 0.3) is 0 Å². The van der Waals surface area contributed by atoms with Gasteiger partial charge in [-0.1, -0.05) is 89.1 Å². The van der Waals surface area contributed by atoms with Crippen molar-refractivity contribution in [3.63, 3.8) is 0 Å². The summed E-state index contributed by atoms with van der Waals surface area (Å²) in [5, 5.41) is 28.4. The number of nitrogens with one attached hydrogen (secondary N) is 2. The van der Waals surface area contributed by atoms with E-state index in [1.54, 1.807) is 4.90 Å². The van der Waals surface area contributed by atoms with Gasteiger partial charge in [-0.2, -0.15) is 0 Å². The molecule has 1 aromatic carbocycles. The molecule has 0 spiro atoms. The normalized spacial score (nSPS) is 24.3. The smallest absolute Gasteiger partial charge is 0.242 e. The van der Waals surface area contributed by atoms with Crippen LogP contribution < -0.4 is 10.6 Å². The Morgan fingerprint density at radius 2 is 1.54 bits per heavy atom. The molecule has 6 rings (SSSR count). The van der Waals surface area contributed by atoms with E-state index in [1.165, 1.54) is 32.1 Å². The van der Waals surface area contributed by atoms with E-state index in [-0.39, 0.29) is 30.1 Å². The quantitative estimate of drug-likeness (QED) is 0.160. The predicted molar refractivity (Wildman–Crippen MR) is 197 cm³/mol. The van der Waals surface area contributed by atoms with Gasteiger partial charge in [-0.25, -0.2) is 0 Å². The Labute approximate surface area is 301 Å². The first kappa shape index (κ1) is 38.7. The Balaban J connectivity index is 1.25. The molecule has 3 saturated carbocycles. The molecule has 9 heteroatoms. The highest BCUT2D eigenvalue weighted by Gasteiger charge is 2.37. The average Bonchev–Trinajstić information content (AvgIpc) is 3.94. The molecule has 3 amide bonds. The van der Waals surface area contributed by atoms with Crippen LogP contribution in [-0.2, 0) is 20.8 Å². The largest absolute Gasteiger partial charge is 0.390 e. The van der Waals surface area contributed by atoms with Crippen LogP contribution in [0.1, 0.15) is 116 Å². The van der Waals surface area contributed by atoms with Crippen molar-refractivity contribution < 1.29 is 24.6 Å². The topological polar surface area (TPSA) is 122 Å². The zero-order valence-electron chi connectivity index (χ0n) is 31.1. The van der Waals surface area contributed by atoms with Gasteiger partial charge in [0.15, 0.2) is 0 Å². The lowest BCUT2D eigenvalue weighted by atomic mass is 9.80. The SMILES string of the molecule is CC(C)C[C@H](O)C(O)[C@H](CC1CCCCC1)NC(=O)C(CC1CC1)NC(=O)[C@@H](CC(=O)N(C)CCN1CC2CCC1CC2)Cc1ccccc1. The van der Waals surface area contributed by atoms with Crippen molar-refractivity contribution in [3.05, 3.63) is 35.9 Å². The Hall–Kier alpha value is -2.49. The van der Waals surface area contributed by atoms with E-state index >= 15 is 0 Å². The van der Waals surface area contributed by atoms with Crippen molar-refractivity contribution in [1.29, 1.82) is 0 Å². The third-order valence-electron chi connectivity index (χ3n) is 12.1. The standard InChI is InChI=1S/C41H66N4O5/c1-28(2)22-37(46)39(48)35(24-30-12-8-5-9-13-30)42-41(50)36(25-31-14-15-31)43-40(49)33(23-29-10-6-4-7-11-29)26-38(47)44(3)20-21-45-27-32-16-18-34(45)19-17-32/h4,6-7,10-11,28,30-37,39,46,48H,5,8-9,12-27H2,1-3H3,(H,42,50)(H,43,49)/t32?,33-,34?,35+,36?,37+,39?/m1/s1. The van der Waals surface area contributed by atoms with E-state index in [4.69, 9.17) is 0 Å². The molecule has 2 unspecified atom stereocenters. The van der Waals surface area contributed by atoms with E-state index in [0.29, 0.717) is 50.1 Å². The highest BCUT2D eigenvalue weighted by atomic mass is 16.3. The number of hydrogen-bond donors (Lipinski definition) is 4. The maximum Gasteiger partial charge on any atom is 0.242 e. The summed E-state index contributed by atoms with van der Waals surface area (Å²) in [6.07, 6.45) is 12.9. The van der Waals surface area contributed by atoms with Crippen molar-refractivity contribution in [3.8, 4) is 0 Å². The lowest BCUT2D eigenvalue weighted by Gasteiger charge is -2.45. The summed E-state index contributed by atoms with van der Waals surface area (Å²) in [5.41, 5.74) is 0.977. The maximum atomic E-state index is 14.1. The lowest BCUT2D eigenvalue weighted by Crippen LogP contribution is -2.56. The second-order valence-corrected chi connectivity index (χ2v) is 16.9. The van der Waals surface area contributed by atoms with E-state index in [2.05, 4.69) is 15.5 Å². The fourth-order valence-corrected chi connectivity index (χ4v) is 8.82. The van der Waals surface area contributed by atoms with Crippen molar-refractivity contribution in [2.24, 2.45) is 29.6 Å². The molecule has 0 aromatic heterocycles. The summed E-state index contributed by atoms with van der Waals surface area (Å²) in [7, 11) is 1.84. The van der Waals surface area contributed by atoms with Gasteiger partial charge in [0.05, 0.1) is 18.1 Å². The summed E-state index contributed by atoms with van der Waals surface area (Å²) in [5.74, 6) is 0.478. The van der Waals surface area contributed by atoms with Crippen LogP contribution in [0.5, 0.6) is 0 Å². The Morgan fingerprint density at radius 1 is 0.860 bits per heavy atom. The van der Waals surface area contributed by atoms with Crippen LogP contribution in [0.4, 0.5) is 0 Å². The molecule has 280 valence electrons. The number of amides is 3. The maximum absolute atomic E-state index is 14.1. The molecular formula is C41H66N4O5. The van der Waals surface area contributed by atoms with Crippen molar-refractivity contribution >= 4 is 17.7 Å². The molecule has 9 nitrogen and oxygen atoms in total. The van der Waals surface area contributed by atoms with Crippen molar-refractivity contribution in [2.75, 3.05) is 26.7 Å². The molecule has 2 saturated heterocycles. The number of carbonyl (C=O) groups is 3. The summed E-state index contributed by atoms with van der Waals surface area (Å²) in [6, 6.07) is 9.07. The van der Waals surface area contributed by atoms with Crippen molar-refractivity contribution in [1.82, 2.24) is 20.4 Å². The minimum Gasteiger partial charge on any atom is -0.390 e. The molecule has 2 bridgehead atoms. The molecule has 50 heavy (non-hydrogen) atoms. The number of aliphatic hydroxyl groups is 2. The second-order valence-electron chi connectivity index (χ2n) is 16.9. The minimum atomic E-state index is -1.08. The van der Waals surface area contributed by atoms with Gasteiger partial charge >= 0.3 is 0 Å². The first-order chi connectivity index (χ1) is 24.0. The number of nitrogens with zero attached hydrogens (tertiary/aromatic N) is 2. The van der Waals surface area contributed by atoms with E-state index in [9.17, 15) is 24.6 Å². The number of aliphatic hydroxyl groups excluding tert-OH is 2. The molecule has 0 radical (unpaired) electrons. The Morgan fingerprint density at radius 3 is 2.16 bits per heavy atom. The number of benzene rings is 1. The number of piperidine rings is 2. The summed E-state index contributed by atoms with van der Waals surface area (Å²) >= 11 is 0. The zero-order valence-corrected chi connectivity index (χ0v) is 31.1. The van der Waals surface area contributed by atoms with E-state index in [1.807, 2.05) is 51.2 Å². The van der Waals surface area contributed by atoms with Gasteiger partial charge in [-0.15, -0.1) is 0 Å². The second kappa shape index (κ2) is 18.8. The third kappa shape index (κ3) is 11.8. The number of carbonyl (C=O) groups excluding carboxylic acids is 3. The van der Waals surface area contributed by atoms with E-state index < -0.39 is 30.2 Å². The summed E-state index contributed by atoms with van der Waals surface area (Å²) in [6.45, 7) is 6.66. The van der Waals surface area contributed by atoms with Gasteiger partial charge in [0.25, 0.3) is 0 Å². The monoisotopic (exact) mass is 695 g/mol. The molecule has 5 fully saturated rings. The predicted octanol–water partition coefficient (Wildman–Crippen LogP) is 5.08. The highest BCUT2D eigenvalue weighted by molar-refractivity contribution is 5.91. The number of hydrogen-bond acceptors (Lipinski definition) is 6.